The van der Waals surface area contributed by atoms with E-state index in [0.29, 0.717) is 6.07 Å². The predicted molar refractivity (Wildman–Crippen MR) is 69.9 cm³/mol. The summed E-state index contributed by atoms with van der Waals surface area (Å²) in [4.78, 5) is 32.7. The highest BCUT2D eigenvalue weighted by Crippen LogP contribution is 2.23. The molecule has 7 nitrogen and oxygen atoms in total. The number of anilines is 1. The van der Waals surface area contributed by atoms with E-state index in [1.165, 1.54) is 0 Å². The number of benzene rings is 1. The van der Waals surface area contributed by atoms with Crippen molar-refractivity contribution in [1.29, 1.82) is 0 Å². The average Bonchev–Trinajstić information content (AvgIpc) is 2.34. The van der Waals surface area contributed by atoms with Gasteiger partial charge in [-0.1, -0.05) is 0 Å². The van der Waals surface area contributed by atoms with E-state index in [2.05, 4.69) is 15.9 Å². The summed E-state index contributed by atoms with van der Waals surface area (Å²) in [6.45, 7) is 0. The molecule has 2 amide bonds. The van der Waals surface area contributed by atoms with Crippen LogP contribution in [0, 0.1) is 11.6 Å². The molecule has 0 saturated heterocycles. The van der Waals surface area contributed by atoms with Gasteiger partial charge < -0.3 is 20.8 Å². The smallest absolute Gasteiger partial charge is 0.326 e. The maximum absolute atomic E-state index is 13.4. The van der Waals surface area contributed by atoms with E-state index in [0.717, 1.165) is 6.07 Å². The van der Waals surface area contributed by atoms with E-state index in [1.807, 2.05) is 10.6 Å². The highest BCUT2D eigenvalue weighted by molar-refractivity contribution is 9.10. The summed E-state index contributed by atoms with van der Waals surface area (Å²) in [5.41, 5.74) is -0.403. The fourth-order valence-electron chi connectivity index (χ4n) is 1.31. The molecule has 0 aliphatic carbocycles. The zero-order valence-electron chi connectivity index (χ0n) is 10.2. The van der Waals surface area contributed by atoms with Crippen LogP contribution in [-0.2, 0) is 9.59 Å². The lowest BCUT2D eigenvalue weighted by Crippen LogP contribution is -2.44. The quantitative estimate of drug-likeness (QED) is 0.592. The van der Waals surface area contributed by atoms with Gasteiger partial charge in [-0.3, -0.25) is 4.79 Å². The molecule has 0 bridgehead atoms. The second-order valence-corrected chi connectivity index (χ2v) is 4.69. The minimum absolute atomic E-state index is 0.112. The molecule has 0 spiro atoms. The van der Waals surface area contributed by atoms with Gasteiger partial charge in [-0.25, -0.2) is 18.4 Å². The molecule has 1 atom stereocenters. The van der Waals surface area contributed by atoms with Gasteiger partial charge in [0, 0.05) is 6.07 Å². The summed E-state index contributed by atoms with van der Waals surface area (Å²) in [5.74, 6) is -4.95. The van der Waals surface area contributed by atoms with Crippen LogP contribution >= 0.6 is 15.9 Å². The average molecular weight is 367 g/mol. The highest BCUT2D eigenvalue weighted by Gasteiger charge is 2.23. The third-order valence-electron chi connectivity index (χ3n) is 2.24. The number of carboxylic acid groups (broad SMARTS) is 2. The summed E-state index contributed by atoms with van der Waals surface area (Å²) in [5, 5.41) is 21.0. The molecule has 1 rings (SSSR count). The minimum atomic E-state index is -1.69. The molecular formula is C11H9BrF2N2O5. The van der Waals surface area contributed by atoms with Crippen LogP contribution < -0.4 is 10.6 Å². The Bertz CT molecular complexity index is 596. The van der Waals surface area contributed by atoms with Gasteiger partial charge in [-0.05, 0) is 22.0 Å². The van der Waals surface area contributed by atoms with Crippen molar-refractivity contribution in [3.05, 3.63) is 28.2 Å². The van der Waals surface area contributed by atoms with Crippen LogP contribution in [-0.4, -0.2) is 34.2 Å². The van der Waals surface area contributed by atoms with Crippen LogP contribution in [0.25, 0.3) is 0 Å². The number of nitrogens with one attached hydrogen (secondary N) is 2. The maximum atomic E-state index is 13.4. The van der Waals surface area contributed by atoms with Crippen molar-refractivity contribution in [2.24, 2.45) is 0 Å². The third kappa shape index (κ3) is 4.99. The first kappa shape index (κ1) is 16.8. The number of carboxylic acids is 2. The van der Waals surface area contributed by atoms with E-state index < -0.39 is 47.8 Å². The monoisotopic (exact) mass is 366 g/mol. The number of hydrogen-bond acceptors (Lipinski definition) is 3. The lowest BCUT2D eigenvalue weighted by Gasteiger charge is -2.14. The van der Waals surface area contributed by atoms with Crippen LogP contribution in [0.4, 0.5) is 19.3 Å². The molecule has 4 N–H and O–H groups in total. The molecule has 21 heavy (non-hydrogen) atoms. The summed E-state index contributed by atoms with van der Waals surface area (Å²) in [6, 6.07) is -1.36. The Morgan fingerprint density at radius 2 is 1.81 bits per heavy atom. The summed E-state index contributed by atoms with van der Waals surface area (Å²) >= 11 is 2.79. The predicted octanol–water partition coefficient (Wildman–Crippen LogP) is 1.78. The van der Waals surface area contributed by atoms with Gasteiger partial charge in [0.2, 0.25) is 0 Å². The van der Waals surface area contributed by atoms with Crippen LogP contribution in [0.1, 0.15) is 6.42 Å². The number of hydrogen-bond donors (Lipinski definition) is 4. The van der Waals surface area contributed by atoms with Gasteiger partial charge in [0.15, 0.2) is 0 Å². The van der Waals surface area contributed by atoms with Gasteiger partial charge in [-0.2, -0.15) is 0 Å². The number of rotatable bonds is 5. The standard InChI is InChI=1S/C11H9BrF2N2O5/c12-4-1-7(6(14)2-5(4)13)15-11(21)16-8(10(19)20)3-9(17)18/h1-2,8H,3H2,(H,17,18)(H,19,20)(H2,15,16,21)/t8-/m0/s1. The molecule has 1 aromatic carbocycles. The summed E-state index contributed by atoms with van der Waals surface area (Å²) in [6.07, 6.45) is -0.849. The minimum Gasteiger partial charge on any atom is -0.481 e. The van der Waals surface area contributed by atoms with Gasteiger partial charge in [0.05, 0.1) is 16.6 Å². The van der Waals surface area contributed by atoms with Crippen molar-refractivity contribution in [1.82, 2.24) is 5.32 Å². The molecule has 114 valence electrons. The number of aliphatic carboxylic acids is 2. The number of halogens is 3. The van der Waals surface area contributed by atoms with Crippen LogP contribution in [0.3, 0.4) is 0 Å². The Labute approximate surface area is 125 Å². The van der Waals surface area contributed by atoms with Crippen molar-refractivity contribution >= 4 is 39.6 Å². The fraction of sp³-hybridized carbons (Fsp3) is 0.182. The molecule has 0 heterocycles. The Morgan fingerprint density at radius 1 is 1.19 bits per heavy atom. The van der Waals surface area contributed by atoms with E-state index >= 15 is 0 Å². The molecule has 10 heteroatoms. The number of urea groups is 1. The summed E-state index contributed by atoms with van der Waals surface area (Å²) in [7, 11) is 0. The van der Waals surface area contributed by atoms with Crippen molar-refractivity contribution < 1.29 is 33.4 Å². The second-order valence-electron chi connectivity index (χ2n) is 3.83. The molecule has 0 aliphatic rings. The first-order valence-electron chi connectivity index (χ1n) is 5.37. The molecule has 0 fully saturated rings. The third-order valence-corrected chi connectivity index (χ3v) is 2.85. The first-order valence-corrected chi connectivity index (χ1v) is 6.16. The van der Waals surface area contributed by atoms with Crippen molar-refractivity contribution in [2.45, 2.75) is 12.5 Å². The molecular weight excluding hydrogens is 358 g/mol. The zero-order valence-corrected chi connectivity index (χ0v) is 11.8. The lowest BCUT2D eigenvalue weighted by atomic mass is 10.2. The van der Waals surface area contributed by atoms with Gasteiger partial charge in [-0.15, -0.1) is 0 Å². The van der Waals surface area contributed by atoms with Crippen LogP contribution in [0.15, 0.2) is 16.6 Å². The molecule has 0 unspecified atom stereocenters. The molecule has 0 saturated carbocycles. The van der Waals surface area contributed by atoms with E-state index in [1.54, 1.807) is 0 Å². The SMILES string of the molecule is O=C(O)C[C@H](NC(=O)Nc1cc(Br)c(F)cc1F)C(=O)O. The second kappa shape index (κ2) is 6.97. The van der Waals surface area contributed by atoms with Crippen molar-refractivity contribution in [3.8, 4) is 0 Å². The van der Waals surface area contributed by atoms with Gasteiger partial charge in [0.1, 0.15) is 17.7 Å². The van der Waals surface area contributed by atoms with E-state index in [4.69, 9.17) is 10.2 Å². The van der Waals surface area contributed by atoms with Crippen LogP contribution in [0.2, 0.25) is 0 Å². The molecule has 0 aliphatic heterocycles. The normalized spacial score (nSPS) is 11.6. The zero-order chi connectivity index (χ0) is 16.2. The number of carbonyl (C=O) groups excluding carboxylic acids is 1. The van der Waals surface area contributed by atoms with E-state index in [9.17, 15) is 23.2 Å². The first-order chi connectivity index (χ1) is 9.70. The molecule has 0 radical (unpaired) electrons. The Morgan fingerprint density at radius 3 is 2.33 bits per heavy atom. The molecule has 1 aromatic rings. The maximum Gasteiger partial charge on any atom is 0.326 e. The van der Waals surface area contributed by atoms with Crippen LogP contribution in [0.5, 0.6) is 0 Å². The number of amides is 2. The fourth-order valence-corrected chi connectivity index (χ4v) is 1.65. The lowest BCUT2D eigenvalue weighted by molar-refractivity contribution is -0.145. The highest BCUT2D eigenvalue weighted by atomic mass is 79.9. The largest absolute Gasteiger partial charge is 0.481 e. The van der Waals surface area contributed by atoms with Crippen molar-refractivity contribution in [2.75, 3.05) is 5.32 Å². The Balaban J connectivity index is 2.79. The topological polar surface area (TPSA) is 116 Å². The Hall–Kier alpha value is -2.23. The van der Waals surface area contributed by atoms with Gasteiger partial charge >= 0.3 is 18.0 Å². The van der Waals surface area contributed by atoms with E-state index in [-0.39, 0.29) is 4.47 Å². The number of carbonyl (C=O) groups is 3. The molecule has 0 aromatic heterocycles. The Kier molecular flexibility index (Phi) is 5.59. The summed E-state index contributed by atoms with van der Waals surface area (Å²) < 4.78 is 26.3. The van der Waals surface area contributed by atoms with Gasteiger partial charge in [0.25, 0.3) is 0 Å². The van der Waals surface area contributed by atoms with Crippen molar-refractivity contribution in [3.63, 3.8) is 0 Å².